The fourth-order valence-electron chi connectivity index (χ4n) is 4.77. The highest BCUT2D eigenvalue weighted by Crippen LogP contribution is 2.30. The lowest BCUT2D eigenvalue weighted by Crippen LogP contribution is -2.55. The van der Waals surface area contributed by atoms with Gasteiger partial charge in [0.15, 0.2) is 5.82 Å². The average Bonchev–Trinajstić information content (AvgIpc) is 3.21. The molecule has 1 aliphatic heterocycles. The van der Waals surface area contributed by atoms with E-state index in [9.17, 15) is 10.1 Å². The van der Waals surface area contributed by atoms with E-state index in [1.54, 1.807) is 18.3 Å². The summed E-state index contributed by atoms with van der Waals surface area (Å²) in [6.07, 6.45) is 2.37. The monoisotopic (exact) mass is 471 g/mol. The quantitative estimate of drug-likeness (QED) is 0.366. The first-order valence-electron chi connectivity index (χ1n) is 12.1. The van der Waals surface area contributed by atoms with E-state index in [0.717, 1.165) is 42.3 Å². The third kappa shape index (κ3) is 4.84. The maximum Gasteiger partial charge on any atom is 0.516 e. The summed E-state index contributed by atoms with van der Waals surface area (Å²) in [5.41, 5.74) is 2.63. The lowest BCUT2D eigenvalue weighted by molar-refractivity contribution is -0.863. The van der Waals surface area contributed by atoms with Gasteiger partial charge in [-0.2, -0.15) is 10.1 Å². The second-order valence-corrected chi connectivity index (χ2v) is 8.57. The summed E-state index contributed by atoms with van der Waals surface area (Å²) < 4.78 is 11.8. The number of likely N-dealkylation sites (N-methyl/N-ethyl adjacent to an activating group) is 1. The van der Waals surface area contributed by atoms with Crippen molar-refractivity contribution in [3.8, 4) is 17.6 Å². The molecular weight excluding hydrogens is 440 g/mol. The van der Waals surface area contributed by atoms with Gasteiger partial charge >= 0.3 is 6.09 Å². The van der Waals surface area contributed by atoms with Gasteiger partial charge < -0.3 is 14.4 Å². The Morgan fingerprint density at radius 3 is 2.31 bits per heavy atom. The van der Waals surface area contributed by atoms with Crippen LogP contribution in [0.5, 0.6) is 11.5 Å². The molecule has 2 aromatic carbocycles. The molecule has 0 N–H and O–H groups in total. The molecule has 3 aromatic rings. The molecule has 0 aliphatic carbocycles. The molecule has 1 aliphatic rings. The number of nitriles is 1. The molecule has 7 heteroatoms. The number of amides is 1. The highest BCUT2D eigenvalue weighted by atomic mass is 16.6. The SMILES string of the molecule is CCN(c1ccc(Oc2ccc(CC3COC(=O)[N+]3(CC)CC)cc2)cc1)c1ncccc1C#N. The number of carbonyl (C=O) groups excluding carboxylic acids is 1. The van der Waals surface area contributed by atoms with E-state index < -0.39 is 0 Å². The van der Waals surface area contributed by atoms with Gasteiger partial charge in [0.05, 0.1) is 18.7 Å². The van der Waals surface area contributed by atoms with Gasteiger partial charge in [0.1, 0.15) is 30.2 Å². The Kier molecular flexibility index (Phi) is 7.33. The summed E-state index contributed by atoms with van der Waals surface area (Å²) in [5, 5.41) is 9.42. The van der Waals surface area contributed by atoms with Gasteiger partial charge in [-0.3, -0.25) is 0 Å². The zero-order valence-electron chi connectivity index (χ0n) is 20.5. The average molecular weight is 472 g/mol. The Labute approximate surface area is 206 Å². The molecule has 1 fully saturated rings. The predicted octanol–water partition coefficient (Wildman–Crippen LogP) is 5.82. The minimum atomic E-state index is -0.114. The molecule has 1 atom stereocenters. The maximum atomic E-state index is 12.3. The first kappa shape index (κ1) is 24.2. The molecule has 180 valence electrons. The second-order valence-electron chi connectivity index (χ2n) is 8.57. The van der Waals surface area contributed by atoms with Crippen LogP contribution >= 0.6 is 0 Å². The summed E-state index contributed by atoms with van der Waals surface area (Å²) >= 11 is 0. The van der Waals surface area contributed by atoms with E-state index in [4.69, 9.17) is 9.47 Å². The third-order valence-electron chi connectivity index (χ3n) is 6.85. The van der Waals surface area contributed by atoms with E-state index in [2.05, 4.69) is 23.2 Å². The zero-order chi connectivity index (χ0) is 24.8. The first-order valence-corrected chi connectivity index (χ1v) is 12.1. The molecule has 1 saturated heterocycles. The molecule has 2 heterocycles. The van der Waals surface area contributed by atoms with Crippen LogP contribution in [0.15, 0.2) is 66.9 Å². The number of ether oxygens (including phenoxy) is 2. The van der Waals surface area contributed by atoms with E-state index >= 15 is 0 Å². The summed E-state index contributed by atoms with van der Waals surface area (Å²) in [4.78, 5) is 18.7. The summed E-state index contributed by atoms with van der Waals surface area (Å²) in [6, 6.07) is 21.7. The van der Waals surface area contributed by atoms with Crippen molar-refractivity contribution in [1.82, 2.24) is 4.98 Å². The van der Waals surface area contributed by atoms with Gasteiger partial charge in [0, 0.05) is 24.8 Å². The number of carbonyl (C=O) groups is 1. The summed E-state index contributed by atoms with van der Waals surface area (Å²) in [5.74, 6) is 2.11. The topological polar surface area (TPSA) is 75.5 Å². The normalized spacial score (nSPS) is 16.4. The number of hydrogen-bond acceptors (Lipinski definition) is 6. The van der Waals surface area contributed by atoms with Crippen LogP contribution in [-0.2, 0) is 11.2 Å². The third-order valence-corrected chi connectivity index (χ3v) is 6.85. The summed E-state index contributed by atoms with van der Waals surface area (Å²) in [7, 11) is 0. The zero-order valence-corrected chi connectivity index (χ0v) is 20.5. The Morgan fingerprint density at radius 2 is 1.71 bits per heavy atom. The van der Waals surface area contributed by atoms with Crippen LogP contribution < -0.4 is 9.64 Å². The Hall–Kier alpha value is -3.89. The van der Waals surface area contributed by atoms with Crippen molar-refractivity contribution < 1.29 is 18.8 Å². The van der Waals surface area contributed by atoms with Gasteiger partial charge in [0.2, 0.25) is 0 Å². The molecule has 1 unspecified atom stereocenters. The minimum Gasteiger partial charge on any atom is -0.457 e. The lowest BCUT2D eigenvalue weighted by Gasteiger charge is -2.31. The number of hydrogen-bond donors (Lipinski definition) is 0. The van der Waals surface area contributed by atoms with Crippen molar-refractivity contribution in [1.29, 1.82) is 5.26 Å². The molecule has 0 bridgehead atoms. The van der Waals surface area contributed by atoms with Gasteiger partial charge in [0.25, 0.3) is 0 Å². The van der Waals surface area contributed by atoms with Gasteiger partial charge in [-0.1, -0.05) is 12.1 Å². The molecule has 4 rings (SSSR count). The number of nitrogens with zero attached hydrogens (tertiary/aromatic N) is 4. The minimum absolute atomic E-state index is 0.114. The van der Waals surface area contributed by atoms with E-state index in [0.29, 0.717) is 29.0 Å². The van der Waals surface area contributed by atoms with Crippen molar-refractivity contribution >= 4 is 17.6 Å². The van der Waals surface area contributed by atoms with Crippen molar-refractivity contribution in [2.45, 2.75) is 33.2 Å². The van der Waals surface area contributed by atoms with Gasteiger partial charge in [-0.25, -0.2) is 9.47 Å². The Bertz CT molecular complexity index is 1200. The van der Waals surface area contributed by atoms with Crippen LogP contribution in [-0.4, -0.2) is 47.8 Å². The molecule has 1 amide bonds. The van der Waals surface area contributed by atoms with Crippen LogP contribution in [0.2, 0.25) is 0 Å². The number of cyclic esters (lactones) is 1. The first-order chi connectivity index (χ1) is 17.0. The van der Waals surface area contributed by atoms with Crippen molar-refractivity contribution in [3.05, 3.63) is 78.0 Å². The number of pyridine rings is 1. The van der Waals surface area contributed by atoms with E-state index in [1.807, 2.05) is 62.1 Å². The maximum absolute atomic E-state index is 12.3. The predicted molar refractivity (Wildman–Crippen MR) is 135 cm³/mol. The Morgan fingerprint density at radius 1 is 1.06 bits per heavy atom. The molecule has 0 spiro atoms. The van der Waals surface area contributed by atoms with Crippen LogP contribution in [0.25, 0.3) is 0 Å². The number of rotatable bonds is 9. The molecule has 1 aromatic heterocycles. The van der Waals surface area contributed by atoms with Gasteiger partial charge in [-0.05, 0) is 74.9 Å². The standard InChI is InChI=1S/C28H31N4O3/c1-4-31(27-22(19-29)8-7-17-30-27)23-11-15-26(16-12-23)35-25-13-9-21(10-14-25)18-24-20-34-28(33)32(24,5-2)6-3/h7-17,24H,4-6,18,20H2,1-3H3/q+1. The molecule has 35 heavy (non-hydrogen) atoms. The fraction of sp³-hybridized carbons (Fsp3) is 0.321. The van der Waals surface area contributed by atoms with Gasteiger partial charge in [-0.15, -0.1) is 0 Å². The van der Waals surface area contributed by atoms with E-state index in [1.165, 1.54) is 0 Å². The highest BCUT2D eigenvalue weighted by Gasteiger charge is 2.49. The Balaban J connectivity index is 1.43. The van der Waals surface area contributed by atoms with Crippen molar-refractivity contribution in [2.75, 3.05) is 31.1 Å². The fourth-order valence-corrected chi connectivity index (χ4v) is 4.77. The molecular formula is C28H31N4O3+. The van der Waals surface area contributed by atoms with E-state index in [-0.39, 0.29) is 12.1 Å². The number of aromatic nitrogens is 1. The van der Waals surface area contributed by atoms with Crippen molar-refractivity contribution in [3.63, 3.8) is 0 Å². The molecule has 0 saturated carbocycles. The number of anilines is 2. The number of quaternary nitrogens is 1. The summed E-state index contributed by atoms with van der Waals surface area (Å²) in [6.45, 7) is 8.75. The highest BCUT2D eigenvalue weighted by molar-refractivity contribution is 5.66. The van der Waals surface area contributed by atoms with Crippen LogP contribution in [0.1, 0.15) is 31.9 Å². The largest absolute Gasteiger partial charge is 0.516 e. The van der Waals surface area contributed by atoms with Crippen molar-refractivity contribution in [2.24, 2.45) is 0 Å². The van der Waals surface area contributed by atoms with Crippen LogP contribution in [0, 0.1) is 11.3 Å². The lowest BCUT2D eigenvalue weighted by atomic mass is 10.0. The molecule has 0 radical (unpaired) electrons. The second kappa shape index (κ2) is 10.6. The number of benzene rings is 2. The van der Waals surface area contributed by atoms with Crippen LogP contribution in [0.3, 0.4) is 0 Å². The smallest absolute Gasteiger partial charge is 0.457 e. The van der Waals surface area contributed by atoms with Crippen LogP contribution in [0.4, 0.5) is 16.3 Å². The molecule has 7 nitrogen and oxygen atoms in total.